The van der Waals surface area contributed by atoms with Gasteiger partial charge in [0.2, 0.25) is 0 Å². The molecular formula is C11H12. The fourth-order valence-corrected chi connectivity index (χ4v) is 0.949. The van der Waals surface area contributed by atoms with Gasteiger partial charge in [-0.3, -0.25) is 0 Å². The minimum absolute atomic E-state index is 1.03. The van der Waals surface area contributed by atoms with Gasteiger partial charge in [-0.1, -0.05) is 30.1 Å². The van der Waals surface area contributed by atoms with Crippen molar-refractivity contribution in [2.24, 2.45) is 0 Å². The highest BCUT2D eigenvalue weighted by Gasteiger charge is 1.85. The first-order valence-electron chi connectivity index (χ1n) is 4.12. The average molecular weight is 144 g/mol. The zero-order chi connectivity index (χ0) is 7.78. The highest BCUT2D eigenvalue weighted by Crippen LogP contribution is 2.01. The van der Waals surface area contributed by atoms with Crippen molar-refractivity contribution >= 4 is 0 Å². The van der Waals surface area contributed by atoms with Gasteiger partial charge in [0.25, 0.3) is 0 Å². The molecule has 0 aromatic carbocycles. The van der Waals surface area contributed by atoms with Crippen LogP contribution in [0.2, 0.25) is 0 Å². The predicted molar refractivity (Wildman–Crippen MR) is 47.8 cm³/mol. The van der Waals surface area contributed by atoms with Crippen LogP contribution in [-0.2, 0) is 0 Å². The Balaban J connectivity index is 2.46. The van der Waals surface area contributed by atoms with Crippen molar-refractivity contribution in [1.29, 1.82) is 0 Å². The van der Waals surface area contributed by atoms with E-state index in [4.69, 9.17) is 0 Å². The monoisotopic (exact) mass is 144 g/mol. The van der Waals surface area contributed by atoms with E-state index >= 15 is 0 Å². The fraction of sp³-hybridized carbons (Fsp3) is 0.455. The van der Waals surface area contributed by atoms with Gasteiger partial charge >= 0.3 is 0 Å². The highest BCUT2D eigenvalue weighted by atomic mass is 13.9. The van der Waals surface area contributed by atoms with Crippen molar-refractivity contribution < 1.29 is 0 Å². The Bertz CT molecular complexity index is 211. The van der Waals surface area contributed by atoms with Gasteiger partial charge in [-0.25, -0.2) is 0 Å². The van der Waals surface area contributed by atoms with Crippen LogP contribution < -0.4 is 0 Å². The third-order valence-corrected chi connectivity index (χ3v) is 1.56. The van der Waals surface area contributed by atoms with E-state index < -0.39 is 0 Å². The summed E-state index contributed by atoms with van der Waals surface area (Å²) in [7, 11) is 0. The maximum absolute atomic E-state index is 3.08. The van der Waals surface area contributed by atoms with Crippen molar-refractivity contribution in [2.45, 2.75) is 32.1 Å². The first-order valence-corrected chi connectivity index (χ1v) is 4.12. The van der Waals surface area contributed by atoms with E-state index in [9.17, 15) is 0 Å². The molecule has 0 bridgehead atoms. The Morgan fingerprint density at radius 3 is 1.82 bits per heavy atom. The predicted octanol–water partition coefficient (Wildman–Crippen LogP) is 2.51. The molecule has 0 radical (unpaired) electrons. The van der Waals surface area contributed by atoms with Gasteiger partial charge < -0.3 is 0 Å². The number of hydrogen-bond acceptors (Lipinski definition) is 0. The molecule has 1 rings (SSSR count). The third kappa shape index (κ3) is 4.29. The fourth-order valence-electron chi connectivity index (χ4n) is 0.949. The second-order valence-corrected chi connectivity index (χ2v) is 2.54. The van der Waals surface area contributed by atoms with E-state index in [1.807, 2.05) is 12.2 Å². The van der Waals surface area contributed by atoms with Crippen molar-refractivity contribution in [1.82, 2.24) is 0 Å². The summed E-state index contributed by atoms with van der Waals surface area (Å²) < 4.78 is 0. The lowest BCUT2D eigenvalue weighted by Gasteiger charge is -1.90. The summed E-state index contributed by atoms with van der Waals surface area (Å²) in [5.41, 5.74) is 0. The van der Waals surface area contributed by atoms with Crippen LogP contribution in [0.1, 0.15) is 32.1 Å². The molecule has 0 saturated carbocycles. The molecule has 0 atom stereocenters. The van der Waals surface area contributed by atoms with E-state index in [2.05, 4.69) is 23.7 Å². The quantitative estimate of drug-likeness (QED) is 0.458. The molecule has 1 aliphatic carbocycles. The van der Waals surface area contributed by atoms with Gasteiger partial charge in [0.15, 0.2) is 0 Å². The minimum atomic E-state index is 1.03. The number of hydrogen-bond donors (Lipinski definition) is 0. The lowest BCUT2D eigenvalue weighted by Crippen LogP contribution is -1.74. The molecule has 11 heavy (non-hydrogen) atoms. The molecule has 56 valence electrons. The Hall–Kier alpha value is -1.14. The van der Waals surface area contributed by atoms with Gasteiger partial charge in [-0.2, -0.15) is 0 Å². The number of rotatable bonds is 0. The summed E-state index contributed by atoms with van der Waals surface area (Å²) in [6.07, 6.45) is 9.44. The molecule has 1 aliphatic rings. The average Bonchev–Trinajstić information content (AvgIpc) is 2.08. The van der Waals surface area contributed by atoms with Crippen LogP contribution in [-0.4, -0.2) is 0 Å². The minimum Gasteiger partial charge on any atom is -0.0985 e. The van der Waals surface area contributed by atoms with Crippen LogP contribution in [0.5, 0.6) is 0 Å². The van der Waals surface area contributed by atoms with Gasteiger partial charge in [0, 0.05) is 12.8 Å². The first kappa shape index (κ1) is 7.96. The summed E-state index contributed by atoms with van der Waals surface area (Å²) in [5.74, 6) is 12.1. The zero-order valence-corrected chi connectivity index (χ0v) is 6.69. The molecule has 0 heteroatoms. The zero-order valence-electron chi connectivity index (χ0n) is 6.69. The summed E-state index contributed by atoms with van der Waals surface area (Å²) in [4.78, 5) is 0. The van der Waals surface area contributed by atoms with E-state index in [1.54, 1.807) is 0 Å². The molecule has 0 unspecified atom stereocenters. The van der Waals surface area contributed by atoms with Crippen molar-refractivity contribution in [3.63, 3.8) is 0 Å². The summed E-state index contributed by atoms with van der Waals surface area (Å²) in [6, 6.07) is 0. The van der Waals surface area contributed by atoms with E-state index in [0.29, 0.717) is 0 Å². The van der Waals surface area contributed by atoms with Gasteiger partial charge in [-0.15, -0.1) is 0 Å². The van der Waals surface area contributed by atoms with E-state index in [0.717, 1.165) is 12.8 Å². The van der Waals surface area contributed by atoms with Crippen LogP contribution >= 0.6 is 0 Å². The first-order chi connectivity index (χ1) is 5.50. The molecule has 0 saturated heterocycles. The summed E-state index contributed by atoms with van der Waals surface area (Å²) >= 11 is 0. The summed E-state index contributed by atoms with van der Waals surface area (Å²) in [6.45, 7) is 0. The molecule has 0 spiro atoms. The van der Waals surface area contributed by atoms with Gasteiger partial charge in [0.1, 0.15) is 0 Å². The maximum Gasteiger partial charge on any atom is 0.00922 e. The van der Waals surface area contributed by atoms with Crippen molar-refractivity contribution in [2.75, 3.05) is 0 Å². The van der Waals surface area contributed by atoms with E-state index in [-0.39, 0.29) is 0 Å². The Morgan fingerprint density at radius 2 is 1.27 bits per heavy atom. The lowest BCUT2D eigenvalue weighted by atomic mass is 10.1. The molecule has 0 N–H and O–H groups in total. The normalized spacial score (nSPS) is 19.6. The Kier molecular flexibility index (Phi) is 4.07. The Morgan fingerprint density at radius 1 is 0.727 bits per heavy atom. The van der Waals surface area contributed by atoms with Crippen molar-refractivity contribution in [3.8, 4) is 23.7 Å². The van der Waals surface area contributed by atoms with Crippen LogP contribution in [0, 0.1) is 23.7 Å². The van der Waals surface area contributed by atoms with E-state index in [1.165, 1.54) is 19.3 Å². The van der Waals surface area contributed by atoms with Crippen LogP contribution in [0.15, 0.2) is 12.2 Å². The standard InChI is InChI=1S/C11H12/c1-2-4-6-8-10-11-9-7-5-3-1/h1-2H,7-11H2/b2-1-. The lowest BCUT2D eigenvalue weighted by molar-refractivity contribution is 0.709. The SMILES string of the molecule is C1#CCCCCCC#C/C=C\1. The third-order valence-electron chi connectivity index (χ3n) is 1.56. The van der Waals surface area contributed by atoms with Crippen LogP contribution in [0.4, 0.5) is 0 Å². The highest BCUT2D eigenvalue weighted by molar-refractivity contribution is 5.24. The molecule has 0 heterocycles. The molecule has 0 amide bonds. The second kappa shape index (κ2) is 5.63. The van der Waals surface area contributed by atoms with Crippen molar-refractivity contribution in [3.05, 3.63) is 12.2 Å². The smallest absolute Gasteiger partial charge is 0.00922 e. The maximum atomic E-state index is 3.08. The van der Waals surface area contributed by atoms with Crippen LogP contribution in [0.3, 0.4) is 0 Å². The van der Waals surface area contributed by atoms with Gasteiger partial charge in [-0.05, 0) is 25.0 Å². The largest absolute Gasteiger partial charge is 0.0985 e. The second-order valence-electron chi connectivity index (χ2n) is 2.54. The topological polar surface area (TPSA) is 0 Å². The number of allylic oxidation sites excluding steroid dienone is 2. The molecule has 0 fully saturated rings. The molecular weight excluding hydrogens is 132 g/mol. The molecule has 0 nitrogen and oxygen atoms in total. The van der Waals surface area contributed by atoms with Gasteiger partial charge in [0.05, 0.1) is 0 Å². The molecule has 0 aromatic rings. The van der Waals surface area contributed by atoms with Crippen LogP contribution in [0.25, 0.3) is 0 Å². The molecule has 0 aromatic heterocycles. The summed E-state index contributed by atoms with van der Waals surface area (Å²) in [5, 5.41) is 0. The molecule has 0 aliphatic heterocycles. The Labute approximate surface area is 68.7 Å².